The number of imide groups is 1. The van der Waals surface area contributed by atoms with Crippen molar-refractivity contribution in [1.29, 1.82) is 0 Å². The van der Waals surface area contributed by atoms with Gasteiger partial charge in [0.25, 0.3) is 5.91 Å². The maximum atomic E-state index is 13.3. The Morgan fingerprint density at radius 2 is 1.91 bits per heavy atom. The van der Waals surface area contributed by atoms with Crippen LogP contribution in [0, 0.1) is 0 Å². The summed E-state index contributed by atoms with van der Waals surface area (Å²) in [4.78, 5) is 43.1. The number of nitrogens with zero attached hydrogens (tertiary/aromatic N) is 2. The second kappa shape index (κ2) is 10.7. The van der Waals surface area contributed by atoms with Crippen LogP contribution in [0.25, 0.3) is 0 Å². The van der Waals surface area contributed by atoms with Crippen molar-refractivity contribution < 1.29 is 19.1 Å². The SMILES string of the molecule is CCOc1ccc(NC(=O)C[C@H]2C(=O)N(c3cccc(Cl)c3)C(=O)N2CCc2cccs2)cc1. The highest BCUT2D eigenvalue weighted by Gasteiger charge is 2.46. The van der Waals surface area contributed by atoms with Crippen molar-refractivity contribution in [2.24, 2.45) is 0 Å². The predicted molar refractivity (Wildman–Crippen MR) is 134 cm³/mol. The molecule has 1 aliphatic heterocycles. The van der Waals surface area contributed by atoms with E-state index in [1.54, 1.807) is 59.9 Å². The smallest absolute Gasteiger partial charge is 0.332 e. The molecule has 0 unspecified atom stereocenters. The number of anilines is 2. The van der Waals surface area contributed by atoms with E-state index in [1.165, 1.54) is 4.90 Å². The summed E-state index contributed by atoms with van der Waals surface area (Å²) in [5, 5.41) is 5.19. The van der Waals surface area contributed by atoms with Crippen LogP contribution in [0.4, 0.5) is 16.2 Å². The van der Waals surface area contributed by atoms with Gasteiger partial charge in [-0.2, -0.15) is 0 Å². The minimum atomic E-state index is -0.908. The lowest BCUT2D eigenvalue weighted by molar-refractivity contribution is -0.124. The standard InChI is InChI=1S/C25H24ClN3O4S/c1-2-33-20-10-8-18(9-11-20)27-23(30)16-22-24(31)29(19-6-3-5-17(26)15-19)25(32)28(22)13-12-21-7-4-14-34-21/h3-11,14-15,22H,2,12-13,16H2,1H3,(H,27,30)/t22-/m0/s1. The number of amides is 4. The molecular weight excluding hydrogens is 474 g/mol. The van der Waals surface area contributed by atoms with Gasteiger partial charge in [0.2, 0.25) is 5.91 Å². The van der Waals surface area contributed by atoms with E-state index < -0.39 is 18.0 Å². The summed E-state index contributed by atoms with van der Waals surface area (Å²) >= 11 is 7.68. The fourth-order valence-corrected chi connectivity index (χ4v) is 4.70. The van der Waals surface area contributed by atoms with Gasteiger partial charge in [0.05, 0.1) is 18.7 Å². The van der Waals surface area contributed by atoms with E-state index in [9.17, 15) is 14.4 Å². The first-order chi connectivity index (χ1) is 16.5. The van der Waals surface area contributed by atoms with Crippen LogP contribution in [0.5, 0.6) is 5.75 Å². The second-order valence-corrected chi connectivity index (χ2v) is 9.15. The molecule has 1 saturated heterocycles. The lowest BCUT2D eigenvalue weighted by Crippen LogP contribution is -2.39. The van der Waals surface area contributed by atoms with Crippen LogP contribution in [0.3, 0.4) is 0 Å². The van der Waals surface area contributed by atoms with Crippen LogP contribution >= 0.6 is 22.9 Å². The zero-order chi connectivity index (χ0) is 24.1. The van der Waals surface area contributed by atoms with E-state index >= 15 is 0 Å². The van der Waals surface area contributed by atoms with Gasteiger partial charge in [0, 0.05) is 22.1 Å². The number of rotatable bonds is 9. The Morgan fingerprint density at radius 3 is 2.59 bits per heavy atom. The molecule has 9 heteroatoms. The third-order valence-corrected chi connectivity index (χ3v) is 6.56. The molecule has 0 bridgehead atoms. The molecule has 0 aliphatic carbocycles. The molecule has 1 atom stereocenters. The molecule has 2 heterocycles. The summed E-state index contributed by atoms with van der Waals surface area (Å²) in [5.74, 6) is -0.0985. The summed E-state index contributed by atoms with van der Waals surface area (Å²) in [5.41, 5.74) is 0.972. The normalized spacial score (nSPS) is 15.6. The Labute approximate surface area is 206 Å². The molecule has 176 valence electrons. The van der Waals surface area contributed by atoms with Crippen molar-refractivity contribution in [3.8, 4) is 5.75 Å². The molecule has 0 saturated carbocycles. The lowest BCUT2D eigenvalue weighted by atomic mass is 10.1. The maximum Gasteiger partial charge on any atom is 0.332 e. The highest BCUT2D eigenvalue weighted by atomic mass is 35.5. The highest BCUT2D eigenvalue weighted by molar-refractivity contribution is 7.09. The van der Waals surface area contributed by atoms with E-state index in [0.717, 1.165) is 9.78 Å². The number of hydrogen-bond donors (Lipinski definition) is 1. The molecule has 1 N–H and O–H groups in total. The molecule has 4 rings (SSSR count). The van der Waals surface area contributed by atoms with E-state index in [-0.39, 0.29) is 12.3 Å². The van der Waals surface area contributed by atoms with Gasteiger partial charge in [-0.3, -0.25) is 9.59 Å². The van der Waals surface area contributed by atoms with Gasteiger partial charge < -0.3 is 15.0 Å². The molecular formula is C25H24ClN3O4S. The minimum absolute atomic E-state index is 0.153. The molecule has 34 heavy (non-hydrogen) atoms. The monoisotopic (exact) mass is 497 g/mol. The number of carbonyl (C=O) groups is 3. The first-order valence-corrected chi connectivity index (χ1v) is 12.2. The Bertz CT molecular complexity index is 1170. The van der Waals surface area contributed by atoms with Gasteiger partial charge in [0.1, 0.15) is 11.8 Å². The molecule has 1 aromatic heterocycles. The van der Waals surface area contributed by atoms with Gasteiger partial charge in [0.15, 0.2) is 0 Å². The van der Waals surface area contributed by atoms with Crippen LogP contribution < -0.4 is 15.0 Å². The number of nitrogens with one attached hydrogen (secondary N) is 1. The first-order valence-electron chi connectivity index (χ1n) is 10.9. The molecule has 0 spiro atoms. The topological polar surface area (TPSA) is 79.0 Å². The van der Waals surface area contributed by atoms with Crippen molar-refractivity contribution in [3.63, 3.8) is 0 Å². The summed E-state index contributed by atoms with van der Waals surface area (Å²) in [6, 6.07) is 16.1. The Balaban J connectivity index is 1.52. The third-order valence-electron chi connectivity index (χ3n) is 5.39. The van der Waals surface area contributed by atoms with Crippen LogP contribution in [0.2, 0.25) is 5.02 Å². The summed E-state index contributed by atoms with van der Waals surface area (Å²) < 4.78 is 5.42. The van der Waals surface area contributed by atoms with Gasteiger partial charge in [-0.25, -0.2) is 9.69 Å². The van der Waals surface area contributed by atoms with Crippen LogP contribution in [-0.2, 0) is 16.0 Å². The molecule has 4 amide bonds. The highest BCUT2D eigenvalue weighted by Crippen LogP contribution is 2.29. The summed E-state index contributed by atoms with van der Waals surface area (Å²) in [6.45, 7) is 2.77. The van der Waals surface area contributed by atoms with Crippen LogP contribution in [-0.4, -0.2) is 41.9 Å². The van der Waals surface area contributed by atoms with E-state index in [1.807, 2.05) is 24.4 Å². The van der Waals surface area contributed by atoms with E-state index in [0.29, 0.717) is 41.7 Å². The van der Waals surface area contributed by atoms with Crippen LogP contribution in [0.15, 0.2) is 66.0 Å². The Morgan fingerprint density at radius 1 is 1.12 bits per heavy atom. The number of carbonyl (C=O) groups excluding carboxylic acids is 3. The Hall–Kier alpha value is -3.36. The second-order valence-electron chi connectivity index (χ2n) is 7.68. The van der Waals surface area contributed by atoms with Crippen molar-refractivity contribution in [1.82, 2.24) is 4.90 Å². The van der Waals surface area contributed by atoms with Crippen molar-refractivity contribution in [2.75, 3.05) is 23.4 Å². The molecule has 0 radical (unpaired) electrons. The number of benzene rings is 2. The maximum absolute atomic E-state index is 13.3. The molecule has 1 fully saturated rings. The average Bonchev–Trinajstić information content (AvgIpc) is 3.41. The zero-order valence-corrected chi connectivity index (χ0v) is 20.1. The van der Waals surface area contributed by atoms with Crippen LogP contribution in [0.1, 0.15) is 18.2 Å². The fraction of sp³-hybridized carbons (Fsp3) is 0.240. The largest absolute Gasteiger partial charge is 0.494 e. The Kier molecular flexibility index (Phi) is 7.49. The summed E-state index contributed by atoms with van der Waals surface area (Å²) in [7, 11) is 0. The van der Waals surface area contributed by atoms with Gasteiger partial charge in [-0.05, 0) is 67.3 Å². The van der Waals surface area contributed by atoms with Crippen molar-refractivity contribution in [3.05, 3.63) is 75.9 Å². The number of urea groups is 1. The predicted octanol–water partition coefficient (Wildman–Crippen LogP) is 5.21. The third kappa shape index (κ3) is 5.40. The zero-order valence-electron chi connectivity index (χ0n) is 18.6. The van der Waals surface area contributed by atoms with Crippen molar-refractivity contribution >= 4 is 52.2 Å². The molecule has 1 aliphatic rings. The number of halogens is 1. The van der Waals surface area contributed by atoms with E-state index in [4.69, 9.17) is 16.3 Å². The fourth-order valence-electron chi connectivity index (χ4n) is 3.81. The quantitative estimate of drug-likeness (QED) is 0.412. The molecule has 2 aromatic carbocycles. The van der Waals surface area contributed by atoms with Crippen molar-refractivity contribution in [2.45, 2.75) is 25.8 Å². The van der Waals surface area contributed by atoms with Gasteiger partial charge >= 0.3 is 6.03 Å². The van der Waals surface area contributed by atoms with Gasteiger partial charge in [-0.1, -0.05) is 23.7 Å². The van der Waals surface area contributed by atoms with E-state index in [2.05, 4.69) is 5.32 Å². The average molecular weight is 498 g/mol. The van der Waals surface area contributed by atoms with Gasteiger partial charge in [-0.15, -0.1) is 11.3 Å². The first kappa shape index (κ1) is 23.8. The molecule has 3 aromatic rings. The number of thiophene rings is 1. The molecule has 7 nitrogen and oxygen atoms in total. The summed E-state index contributed by atoms with van der Waals surface area (Å²) in [6.07, 6.45) is 0.441. The lowest BCUT2D eigenvalue weighted by Gasteiger charge is -2.21. The number of hydrogen-bond acceptors (Lipinski definition) is 5. The number of ether oxygens (including phenoxy) is 1. The minimum Gasteiger partial charge on any atom is -0.494 e.